The summed E-state index contributed by atoms with van der Waals surface area (Å²) in [7, 11) is 0. The lowest BCUT2D eigenvalue weighted by Crippen LogP contribution is -2.43. The molecule has 0 aromatic rings. The van der Waals surface area contributed by atoms with Crippen molar-refractivity contribution in [2.45, 2.75) is 32.7 Å². The van der Waals surface area contributed by atoms with Crippen LogP contribution in [0.2, 0.25) is 0 Å². The fourth-order valence-electron chi connectivity index (χ4n) is 3.32. The summed E-state index contributed by atoms with van der Waals surface area (Å²) in [5.74, 6) is 0.0743. The maximum absolute atomic E-state index is 12.0. The Kier molecular flexibility index (Phi) is 1.97. The first-order valence-electron chi connectivity index (χ1n) is 6.12. The lowest BCUT2D eigenvalue weighted by molar-refractivity contribution is -0.143. The molecule has 0 spiro atoms. The molecule has 88 valence electrons. The van der Waals surface area contributed by atoms with Gasteiger partial charge in [-0.3, -0.25) is 14.5 Å². The van der Waals surface area contributed by atoms with Crippen molar-refractivity contribution in [2.75, 3.05) is 13.1 Å². The van der Waals surface area contributed by atoms with Crippen LogP contribution in [0.3, 0.4) is 0 Å². The second kappa shape index (κ2) is 3.06. The number of hydrogen-bond acceptors (Lipinski definition) is 3. The molecule has 4 heteroatoms. The number of piperidine rings is 1. The first-order valence-corrected chi connectivity index (χ1v) is 6.12. The summed E-state index contributed by atoms with van der Waals surface area (Å²) in [5, 5.41) is 3.33. The summed E-state index contributed by atoms with van der Waals surface area (Å²) in [5.41, 5.74) is -0.0756. The van der Waals surface area contributed by atoms with Crippen LogP contribution in [0.5, 0.6) is 0 Å². The van der Waals surface area contributed by atoms with Crippen molar-refractivity contribution >= 4 is 11.8 Å². The third-order valence-corrected chi connectivity index (χ3v) is 4.46. The Morgan fingerprint density at radius 1 is 1.31 bits per heavy atom. The Bertz CT molecular complexity index is 334. The van der Waals surface area contributed by atoms with Crippen molar-refractivity contribution in [1.29, 1.82) is 0 Å². The number of carbonyl (C=O) groups is 2. The average Bonchev–Trinajstić information content (AvgIpc) is 2.59. The Labute approximate surface area is 95.4 Å². The molecular weight excluding hydrogens is 204 g/mol. The van der Waals surface area contributed by atoms with E-state index in [1.165, 1.54) is 4.90 Å². The highest BCUT2D eigenvalue weighted by Gasteiger charge is 2.72. The highest BCUT2D eigenvalue weighted by Crippen LogP contribution is 2.63. The van der Waals surface area contributed by atoms with Gasteiger partial charge in [-0.05, 0) is 24.8 Å². The minimum absolute atomic E-state index is 0.0265. The molecule has 4 nitrogen and oxygen atoms in total. The van der Waals surface area contributed by atoms with Gasteiger partial charge >= 0.3 is 0 Å². The van der Waals surface area contributed by atoms with Crippen LogP contribution in [-0.4, -0.2) is 35.8 Å². The molecule has 16 heavy (non-hydrogen) atoms. The van der Waals surface area contributed by atoms with Crippen LogP contribution in [0.25, 0.3) is 0 Å². The van der Waals surface area contributed by atoms with Crippen molar-refractivity contribution in [3.8, 4) is 0 Å². The minimum atomic E-state index is -0.0756. The first-order chi connectivity index (χ1) is 7.53. The van der Waals surface area contributed by atoms with E-state index < -0.39 is 0 Å². The molecule has 2 aliphatic heterocycles. The minimum Gasteiger partial charge on any atom is -0.312 e. The molecule has 1 N–H and O–H groups in total. The average molecular weight is 222 g/mol. The van der Waals surface area contributed by atoms with E-state index in [0.717, 1.165) is 19.4 Å². The van der Waals surface area contributed by atoms with Crippen LogP contribution in [-0.2, 0) is 9.59 Å². The SMILES string of the molecule is CC1(C)C2C(=O)N(C[C@@H]3CCCN3)C(=O)C21. The zero-order valence-electron chi connectivity index (χ0n) is 9.82. The quantitative estimate of drug-likeness (QED) is 0.687. The topological polar surface area (TPSA) is 49.4 Å². The number of nitrogens with zero attached hydrogens (tertiary/aromatic N) is 1. The Morgan fingerprint density at radius 3 is 2.44 bits per heavy atom. The van der Waals surface area contributed by atoms with Gasteiger partial charge in [-0.2, -0.15) is 0 Å². The summed E-state index contributed by atoms with van der Waals surface area (Å²) in [6.07, 6.45) is 2.23. The number of nitrogens with one attached hydrogen (secondary N) is 1. The number of rotatable bonds is 2. The van der Waals surface area contributed by atoms with Crippen molar-refractivity contribution in [3.63, 3.8) is 0 Å². The highest BCUT2D eigenvalue weighted by molar-refractivity contribution is 6.10. The van der Waals surface area contributed by atoms with E-state index in [2.05, 4.69) is 5.32 Å². The summed E-state index contributed by atoms with van der Waals surface area (Å²) in [6, 6.07) is 0.327. The number of carbonyl (C=O) groups excluding carboxylic acids is 2. The molecule has 2 heterocycles. The Hall–Kier alpha value is -0.900. The third-order valence-electron chi connectivity index (χ3n) is 4.46. The van der Waals surface area contributed by atoms with Gasteiger partial charge in [0.15, 0.2) is 0 Å². The van der Waals surface area contributed by atoms with Gasteiger partial charge in [-0.1, -0.05) is 13.8 Å². The number of likely N-dealkylation sites (tertiary alicyclic amines) is 1. The van der Waals surface area contributed by atoms with Gasteiger partial charge in [-0.25, -0.2) is 0 Å². The summed E-state index contributed by atoms with van der Waals surface area (Å²) in [4.78, 5) is 25.6. The summed E-state index contributed by atoms with van der Waals surface area (Å²) in [6.45, 7) is 5.63. The van der Waals surface area contributed by atoms with Crippen LogP contribution >= 0.6 is 0 Å². The highest BCUT2D eigenvalue weighted by atomic mass is 16.2. The van der Waals surface area contributed by atoms with Gasteiger partial charge < -0.3 is 5.32 Å². The van der Waals surface area contributed by atoms with Gasteiger partial charge in [0.25, 0.3) is 0 Å². The van der Waals surface area contributed by atoms with Gasteiger partial charge in [-0.15, -0.1) is 0 Å². The molecule has 2 unspecified atom stereocenters. The lowest BCUT2D eigenvalue weighted by atomic mass is 10.1. The second-order valence-corrected chi connectivity index (χ2v) is 5.86. The Morgan fingerprint density at radius 2 is 1.94 bits per heavy atom. The van der Waals surface area contributed by atoms with Crippen molar-refractivity contribution in [2.24, 2.45) is 17.3 Å². The van der Waals surface area contributed by atoms with Gasteiger partial charge in [0.05, 0.1) is 11.8 Å². The summed E-state index contributed by atoms with van der Waals surface area (Å²) < 4.78 is 0. The zero-order chi connectivity index (χ0) is 11.5. The molecular formula is C12H18N2O2. The first kappa shape index (κ1) is 10.3. The van der Waals surface area contributed by atoms with E-state index in [9.17, 15) is 9.59 Å². The fraction of sp³-hybridized carbons (Fsp3) is 0.833. The van der Waals surface area contributed by atoms with E-state index in [-0.39, 0.29) is 29.1 Å². The molecule has 0 aromatic heterocycles. The maximum Gasteiger partial charge on any atom is 0.233 e. The van der Waals surface area contributed by atoms with Crippen molar-refractivity contribution in [3.05, 3.63) is 0 Å². The van der Waals surface area contributed by atoms with Crippen LogP contribution < -0.4 is 5.32 Å². The predicted molar refractivity (Wildman–Crippen MR) is 58.5 cm³/mol. The fourth-order valence-corrected chi connectivity index (χ4v) is 3.32. The third kappa shape index (κ3) is 1.19. The van der Waals surface area contributed by atoms with E-state index in [1.54, 1.807) is 0 Å². The standard InChI is InChI=1S/C12H18N2O2/c1-12(2)8-9(12)11(16)14(10(8)15)6-7-4-3-5-13-7/h7-9,13H,3-6H2,1-2H3/t7-,8?,9?/m0/s1. The zero-order valence-corrected chi connectivity index (χ0v) is 9.82. The number of imide groups is 1. The normalized spacial score (nSPS) is 40.4. The number of amides is 2. The largest absolute Gasteiger partial charge is 0.312 e. The van der Waals surface area contributed by atoms with Gasteiger partial charge in [0.2, 0.25) is 11.8 Å². The van der Waals surface area contributed by atoms with Crippen molar-refractivity contribution in [1.82, 2.24) is 10.2 Å². The smallest absolute Gasteiger partial charge is 0.233 e. The molecule has 0 aromatic carbocycles. The van der Waals surface area contributed by atoms with E-state index >= 15 is 0 Å². The number of hydrogen-bond donors (Lipinski definition) is 1. The van der Waals surface area contributed by atoms with Gasteiger partial charge in [0.1, 0.15) is 0 Å². The molecule has 3 rings (SSSR count). The molecule has 2 amide bonds. The molecule has 1 saturated carbocycles. The van der Waals surface area contributed by atoms with Crippen LogP contribution in [0.4, 0.5) is 0 Å². The Balaban J connectivity index is 1.70. The number of fused-ring (bicyclic) bond motifs is 1. The molecule has 0 radical (unpaired) electrons. The molecule has 3 fully saturated rings. The molecule has 3 atom stereocenters. The maximum atomic E-state index is 12.0. The van der Waals surface area contributed by atoms with Gasteiger partial charge in [0, 0.05) is 12.6 Å². The van der Waals surface area contributed by atoms with E-state index in [1.807, 2.05) is 13.8 Å². The van der Waals surface area contributed by atoms with Crippen LogP contribution in [0.1, 0.15) is 26.7 Å². The lowest BCUT2D eigenvalue weighted by Gasteiger charge is -2.23. The van der Waals surface area contributed by atoms with Crippen molar-refractivity contribution < 1.29 is 9.59 Å². The molecule has 1 aliphatic carbocycles. The molecule has 3 aliphatic rings. The van der Waals surface area contributed by atoms with Crippen LogP contribution in [0.15, 0.2) is 0 Å². The second-order valence-electron chi connectivity index (χ2n) is 5.86. The monoisotopic (exact) mass is 222 g/mol. The predicted octanol–water partition coefficient (Wildman–Crippen LogP) is 0.379. The van der Waals surface area contributed by atoms with E-state index in [4.69, 9.17) is 0 Å². The summed E-state index contributed by atoms with van der Waals surface area (Å²) >= 11 is 0. The van der Waals surface area contributed by atoms with Crippen LogP contribution in [0, 0.1) is 17.3 Å². The van der Waals surface area contributed by atoms with E-state index in [0.29, 0.717) is 12.6 Å². The molecule has 2 saturated heterocycles. The molecule has 0 bridgehead atoms.